The van der Waals surface area contributed by atoms with Crippen LogP contribution in [0.4, 0.5) is 5.13 Å². The summed E-state index contributed by atoms with van der Waals surface area (Å²) in [4.78, 5) is 12.6. The average molecular weight is 382 g/mol. The maximum absolute atomic E-state index is 12.6. The monoisotopic (exact) mass is 381 g/mol. The van der Waals surface area contributed by atoms with Crippen LogP contribution in [0.3, 0.4) is 0 Å². The van der Waals surface area contributed by atoms with Crippen LogP contribution in [0, 0.1) is 20.8 Å². The van der Waals surface area contributed by atoms with Crippen LogP contribution in [0.25, 0.3) is 10.6 Å². The summed E-state index contributed by atoms with van der Waals surface area (Å²) in [7, 11) is 0. The summed E-state index contributed by atoms with van der Waals surface area (Å²) in [6.07, 6.45) is -0.0275. The van der Waals surface area contributed by atoms with E-state index in [1.165, 1.54) is 16.9 Å². The van der Waals surface area contributed by atoms with E-state index in [4.69, 9.17) is 4.74 Å². The number of benzene rings is 2. The van der Waals surface area contributed by atoms with Crippen molar-refractivity contribution in [1.29, 1.82) is 0 Å². The molecule has 27 heavy (non-hydrogen) atoms. The third-order valence-corrected chi connectivity index (χ3v) is 5.12. The summed E-state index contributed by atoms with van der Waals surface area (Å²) in [5.74, 6) is 0.514. The number of rotatable bonds is 6. The number of hydrogen-bond acceptors (Lipinski definition) is 5. The highest BCUT2D eigenvalue weighted by Crippen LogP contribution is 2.27. The molecule has 140 valence electrons. The predicted molar refractivity (Wildman–Crippen MR) is 109 cm³/mol. The number of amides is 1. The van der Waals surface area contributed by atoms with Crippen LogP contribution in [-0.4, -0.2) is 22.2 Å². The molecule has 0 saturated carbocycles. The standard InChI is InChI=1S/C21H23N3O2S/c1-5-17(26-18-12-14(3)6-9-15(18)4)19(25)22-21-24-23-20(27-21)16-10-7-13(2)8-11-16/h6-12,17H,5H2,1-4H3,(H,22,24,25)/t17-/m0/s1. The molecular weight excluding hydrogens is 358 g/mol. The molecule has 6 heteroatoms. The van der Waals surface area contributed by atoms with E-state index in [0.29, 0.717) is 11.6 Å². The Morgan fingerprint density at radius 3 is 2.48 bits per heavy atom. The lowest BCUT2D eigenvalue weighted by Gasteiger charge is -2.18. The second-order valence-electron chi connectivity index (χ2n) is 6.55. The Labute approximate surface area is 163 Å². The molecule has 0 fully saturated rings. The summed E-state index contributed by atoms with van der Waals surface area (Å²) in [6.45, 7) is 7.93. The minimum Gasteiger partial charge on any atom is -0.480 e. The Morgan fingerprint density at radius 1 is 1.07 bits per heavy atom. The van der Waals surface area contributed by atoms with Gasteiger partial charge in [0.25, 0.3) is 5.91 Å². The number of aryl methyl sites for hydroxylation is 3. The molecule has 3 rings (SSSR count). The largest absolute Gasteiger partial charge is 0.480 e. The number of nitrogens with zero attached hydrogens (tertiary/aromatic N) is 2. The van der Waals surface area contributed by atoms with Crippen LogP contribution in [0.1, 0.15) is 30.0 Å². The van der Waals surface area contributed by atoms with E-state index in [9.17, 15) is 4.79 Å². The molecule has 1 aromatic heterocycles. The molecule has 1 heterocycles. The predicted octanol–water partition coefficient (Wildman–Crippen LogP) is 4.93. The molecule has 1 atom stereocenters. The normalized spacial score (nSPS) is 11.9. The van der Waals surface area contributed by atoms with Crippen molar-refractivity contribution in [2.75, 3.05) is 5.32 Å². The van der Waals surface area contributed by atoms with Crippen LogP contribution >= 0.6 is 11.3 Å². The minimum absolute atomic E-state index is 0.218. The molecule has 0 radical (unpaired) electrons. The molecule has 3 aromatic rings. The van der Waals surface area contributed by atoms with Gasteiger partial charge in [-0.25, -0.2) is 0 Å². The lowest BCUT2D eigenvalue weighted by atomic mass is 10.1. The van der Waals surface area contributed by atoms with Gasteiger partial charge in [0.1, 0.15) is 10.8 Å². The molecule has 0 aliphatic heterocycles. The second-order valence-corrected chi connectivity index (χ2v) is 7.53. The number of ether oxygens (including phenoxy) is 1. The highest BCUT2D eigenvalue weighted by Gasteiger charge is 2.21. The first kappa shape index (κ1) is 19.0. The summed E-state index contributed by atoms with van der Waals surface area (Å²) >= 11 is 1.35. The Kier molecular flexibility index (Phi) is 5.86. The van der Waals surface area contributed by atoms with Crippen molar-refractivity contribution >= 4 is 22.4 Å². The van der Waals surface area contributed by atoms with Gasteiger partial charge in [0.05, 0.1) is 0 Å². The maximum atomic E-state index is 12.6. The van der Waals surface area contributed by atoms with E-state index in [0.717, 1.165) is 27.4 Å². The first-order valence-electron chi connectivity index (χ1n) is 8.91. The van der Waals surface area contributed by atoms with Crippen molar-refractivity contribution in [3.05, 3.63) is 59.2 Å². The number of carbonyl (C=O) groups is 1. The second kappa shape index (κ2) is 8.31. The summed E-state index contributed by atoms with van der Waals surface area (Å²) in [5, 5.41) is 12.3. The summed E-state index contributed by atoms with van der Waals surface area (Å²) in [5.41, 5.74) is 4.27. The van der Waals surface area contributed by atoms with Crippen LogP contribution < -0.4 is 10.1 Å². The molecule has 0 spiro atoms. The molecule has 5 nitrogen and oxygen atoms in total. The molecular formula is C21H23N3O2S. The van der Waals surface area contributed by atoms with Gasteiger partial charge in [0, 0.05) is 5.56 Å². The van der Waals surface area contributed by atoms with Gasteiger partial charge in [0.15, 0.2) is 6.10 Å². The Balaban J connectivity index is 1.70. The lowest BCUT2D eigenvalue weighted by molar-refractivity contribution is -0.122. The smallest absolute Gasteiger partial charge is 0.267 e. The highest BCUT2D eigenvalue weighted by molar-refractivity contribution is 7.18. The Morgan fingerprint density at radius 2 is 1.78 bits per heavy atom. The molecule has 2 aromatic carbocycles. The number of nitrogens with one attached hydrogen (secondary N) is 1. The third-order valence-electron chi connectivity index (χ3n) is 4.23. The number of hydrogen-bond donors (Lipinski definition) is 1. The van der Waals surface area contributed by atoms with Crippen molar-refractivity contribution in [1.82, 2.24) is 10.2 Å². The molecule has 0 unspecified atom stereocenters. The van der Waals surface area contributed by atoms with Gasteiger partial charge < -0.3 is 4.74 Å². The minimum atomic E-state index is -0.586. The average Bonchev–Trinajstić information content (AvgIpc) is 3.11. The fourth-order valence-electron chi connectivity index (χ4n) is 2.58. The van der Waals surface area contributed by atoms with Crippen LogP contribution in [0.15, 0.2) is 42.5 Å². The van der Waals surface area contributed by atoms with Crippen molar-refractivity contribution in [2.24, 2.45) is 0 Å². The van der Waals surface area contributed by atoms with Gasteiger partial charge in [0.2, 0.25) is 5.13 Å². The van der Waals surface area contributed by atoms with Crippen molar-refractivity contribution in [3.63, 3.8) is 0 Å². The molecule has 0 bridgehead atoms. The van der Waals surface area contributed by atoms with E-state index in [1.807, 2.05) is 70.2 Å². The quantitative estimate of drug-likeness (QED) is 0.658. The van der Waals surface area contributed by atoms with E-state index in [1.54, 1.807) is 0 Å². The number of aromatic nitrogens is 2. The van der Waals surface area contributed by atoms with Gasteiger partial charge in [-0.1, -0.05) is 60.2 Å². The molecule has 1 N–H and O–H groups in total. The Bertz CT molecular complexity index is 935. The van der Waals surface area contributed by atoms with Gasteiger partial charge in [-0.2, -0.15) is 0 Å². The van der Waals surface area contributed by atoms with E-state index >= 15 is 0 Å². The van der Waals surface area contributed by atoms with Crippen molar-refractivity contribution < 1.29 is 9.53 Å². The first-order valence-corrected chi connectivity index (χ1v) is 9.73. The summed E-state index contributed by atoms with van der Waals surface area (Å²) < 4.78 is 5.96. The Hall–Kier alpha value is -2.73. The number of carbonyl (C=O) groups excluding carboxylic acids is 1. The van der Waals surface area contributed by atoms with Gasteiger partial charge >= 0.3 is 0 Å². The number of anilines is 1. The van der Waals surface area contributed by atoms with Gasteiger partial charge in [-0.05, 0) is 44.4 Å². The molecule has 0 aliphatic carbocycles. The molecule has 0 saturated heterocycles. The van der Waals surface area contributed by atoms with Crippen molar-refractivity contribution in [3.8, 4) is 16.3 Å². The fourth-order valence-corrected chi connectivity index (χ4v) is 3.33. The van der Waals surface area contributed by atoms with E-state index in [-0.39, 0.29) is 5.91 Å². The van der Waals surface area contributed by atoms with Crippen LogP contribution in [-0.2, 0) is 4.79 Å². The van der Waals surface area contributed by atoms with Gasteiger partial charge in [-0.15, -0.1) is 10.2 Å². The zero-order chi connectivity index (χ0) is 19.4. The SMILES string of the molecule is CC[C@H](Oc1cc(C)ccc1C)C(=O)Nc1nnc(-c2ccc(C)cc2)s1. The third kappa shape index (κ3) is 4.71. The van der Waals surface area contributed by atoms with Gasteiger partial charge in [-0.3, -0.25) is 10.1 Å². The zero-order valence-corrected chi connectivity index (χ0v) is 16.8. The van der Waals surface area contributed by atoms with Crippen LogP contribution in [0.2, 0.25) is 0 Å². The first-order chi connectivity index (χ1) is 13.0. The molecule has 1 amide bonds. The lowest BCUT2D eigenvalue weighted by Crippen LogP contribution is -2.32. The van der Waals surface area contributed by atoms with E-state index in [2.05, 4.69) is 15.5 Å². The van der Waals surface area contributed by atoms with Crippen molar-refractivity contribution in [2.45, 2.75) is 40.2 Å². The van der Waals surface area contributed by atoms with E-state index < -0.39 is 6.10 Å². The molecule has 0 aliphatic rings. The summed E-state index contributed by atoms with van der Waals surface area (Å²) in [6, 6.07) is 14.0. The topological polar surface area (TPSA) is 64.1 Å². The maximum Gasteiger partial charge on any atom is 0.267 e. The fraction of sp³-hybridized carbons (Fsp3) is 0.286. The highest BCUT2D eigenvalue weighted by atomic mass is 32.1. The zero-order valence-electron chi connectivity index (χ0n) is 15.9. The van der Waals surface area contributed by atoms with Crippen LogP contribution in [0.5, 0.6) is 5.75 Å².